The first kappa shape index (κ1) is 15.7. The molecule has 1 aliphatic rings. The Morgan fingerprint density at radius 3 is 2.80 bits per heavy atom. The van der Waals surface area contributed by atoms with Crippen LogP contribution in [0.25, 0.3) is 0 Å². The summed E-state index contributed by atoms with van der Waals surface area (Å²) in [6.45, 7) is 3.05. The van der Waals surface area contributed by atoms with E-state index >= 15 is 0 Å². The van der Waals surface area contributed by atoms with Gasteiger partial charge < -0.3 is 15.2 Å². The van der Waals surface area contributed by atoms with Crippen molar-refractivity contribution in [3.05, 3.63) is 6.20 Å². The Labute approximate surface area is 125 Å². The summed E-state index contributed by atoms with van der Waals surface area (Å²) in [4.78, 5) is 0. The Morgan fingerprint density at radius 1 is 1.40 bits per heavy atom. The molecular formula is C14H25N3O2S. The number of nitrogens with one attached hydrogen (secondary N) is 1. The predicted molar refractivity (Wildman–Crippen MR) is 80.1 cm³/mol. The van der Waals surface area contributed by atoms with Gasteiger partial charge in [-0.15, -0.1) is 4.37 Å². The molecule has 1 saturated carbocycles. The van der Waals surface area contributed by atoms with Gasteiger partial charge in [-0.05, 0) is 25.7 Å². The van der Waals surface area contributed by atoms with Gasteiger partial charge in [0.2, 0.25) is 5.88 Å². The molecule has 20 heavy (non-hydrogen) atoms. The summed E-state index contributed by atoms with van der Waals surface area (Å²) >= 11 is 1.11. The first-order valence-electron chi connectivity index (χ1n) is 7.57. The summed E-state index contributed by atoms with van der Waals surface area (Å²) in [7, 11) is 0. The van der Waals surface area contributed by atoms with Crippen molar-refractivity contribution in [2.24, 2.45) is 5.92 Å². The zero-order valence-corrected chi connectivity index (χ0v) is 12.9. The third kappa shape index (κ3) is 5.34. The van der Waals surface area contributed by atoms with Crippen molar-refractivity contribution in [1.82, 2.24) is 14.1 Å². The van der Waals surface area contributed by atoms with E-state index in [0.29, 0.717) is 18.5 Å². The standard InChI is InChI=1S/C14H25N3O2S/c1-11(12-6-4-2-3-5-7-12)15-8-13(18)10-19-14-9-16-20-17-14/h9,11-13,15,18H,2-8,10H2,1H3/t11-,13?/m0/s1. The van der Waals surface area contributed by atoms with Crippen LogP contribution in [0.15, 0.2) is 6.20 Å². The van der Waals surface area contributed by atoms with E-state index < -0.39 is 6.10 Å². The van der Waals surface area contributed by atoms with E-state index in [9.17, 15) is 5.11 Å². The number of hydrogen-bond acceptors (Lipinski definition) is 6. The van der Waals surface area contributed by atoms with E-state index in [1.54, 1.807) is 6.20 Å². The fourth-order valence-corrected chi connectivity index (χ4v) is 3.12. The Morgan fingerprint density at radius 2 is 2.15 bits per heavy atom. The lowest BCUT2D eigenvalue weighted by Crippen LogP contribution is -2.40. The van der Waals surface area contributed by atoms with Gasteiger partial charge in [0, 0.05) is 12.6 Å². The van der Waals surface area contributed by atoms with E-state index in [2.05, 4.69) is 21.0 Å². The molecule has 5 nitrogen and oxygen atoms in total. The van der Waals surface area contributed by atoms with Gasteiger partial charge in [-0.25, -0.2) is 0 Å². The second kappa shape index (κ2) is 8.54. The molecule has 1 heterocycles. The van der Waals surface area contributed by atoms with Crippen molar-refractivity contribution < 1.29 is 9.84 Å². The Bertz CT molecular complexity index is 353. The zero-order chi connectivity index (χ0) is 14.2. The van der Waals surface area contributed by atoms with E-state index in [1.165, 1.54) is 38.5 Å². The largest absolute Gasteiger partial charge is 0.473 e. The minimum absolute atomic E-state index is 0.260. The van der Waals surface area contributed by atoms with Crippen LogP contribution in [-0.2, 0) is 0 Å². The lowest BCUT2D eigenvalue weighted by atomic mass is 9.93. The van der Waals surface area contributed by atoms with Gasteiger partial charge in [-0.2, -0.15) is 4.37 Å². The van der Waals surface area contributed by atoms with Crippen molar-refractivity contribution in [2.75, 3.05) is 13.2 Å². The molecule has 2 rings (SSSR count). The number of rotatable bonds is 7. The van der Waals surface area contributed by atoms with Crippen molar-refractivity contribution in [3.8, 4) is 5.88 Å². The van der Waals surface area contributed by atoms with Gasteiger partial charge in [-0.3, -0.25) is 0 Å². The quantitative estimate of drug-likeness (QED) is 0.756. The molecule has 0 saturated heterocycles. The van der Waals surface area contributed by atoms with Crippen LogP contribution in [0.5, 0.6) is 5.88 Å². The van der Waals surface area contributed by atoms with Gasteiger partial charge in [0.25, 0.3) is 0 Å². The van der Waals surface area contributed by atoms with Crippen molar-refractivity contribution in [1.29, 1.82) is 0 Å². The predicted octanol–water partition coefficient (Wildman–Crippen LogP) is 2.23. The number of aliphatic hydroxyl groups is 1. The fraction of sp³-hybridized carbons (Fsp3) is 0.857. The summed E-state index contributed by atoms with van der Waals surface area (Å²) in [5.41, 5.74) is 0. The monoisotopic (exact) mass is 299 g/mol. The minimum atomic E-state index is -0.509. The Hall–Kier alpha value is -0.720. The van der Waals surface area contributed by atoms with Gasteiger partial charge >= 0.3 is 0 Å². The third-order valence-corrected chi connectivity index (χ3v) is 4.51. The molecule has 114 valence electrons. The van der Waals surface area contributed by atoms with Gasteiger partial charge in [0.1, 0.15) is 18.9 Å². The maximum absolute atomic E-state index is 9.92. The molecular weight excluding hydrogens is 274 g/mol. The summed E-state index contributed by atoms with van der Waals surface area (Å²) in [6, 6.07) is 0.462. The molecule has 0 radical (unpaired) electrons. The SMILES string of the molecule is C[C@H](NCC(O)COc1cnsn1)C1CCCCCC1. The number of hydrogen-bond donors (Lipinski definition) is 2. The van der Waals surface area contributed by atoms with E-state index in [4.69, 9.17) is 4.74 Å². The third-order valence-electron chi connectivity index (χ3n) is 4.05. The normalized spacial score (nSPS) is 20.3. The Kier molecular flexibility index (Phi) is 6.69. The molecule has 0 bridgehead atoms. The molecule has 1 aromatic rings. The van der Waals surface area contributed by atoms with Gasteiger partial charge in [0.15, 0.2) is 0 Å². The summed E-state index contributed by atoms with van der Waals surface area (Å²) in [5, 5.41) is 13.4. The highest BCUT2D eigenvalue weighted by Crippen LogP contribution is 2.25. The van der Waals surface area contributed by atoms with Crippen LogP contribution in [0, 0.1) is 5.92 Å². The second-order valence-electron chi connectivity index (χ2n) is 5.66. The lowest BCUT2D eigenvalue weighted by Gasteiger charge is -2.24. The summed E-state index contributed by atoms with van der Waals surface area (Å²) in [5.74, 6) is 1.24. The molecule has 0 spiro atoms. The van der Waals surface area contributed by atoms with Crippen LogP contribution in [0.2, 0.25) is 0 Å². The summed E-state index contributed by atoms with van der Waals surface area (Å²) < 4.78 is 13.1. The smallest absolute Gasteiger partial charge is 0.245 e. The van der Waals surface area contributed by atoms with Crippen molar-refractivity contribution in [3.63, 3.8) is 0 Å². The number of aliphatic hydroxyl groups excluding tert-OH is 1. The molecule has 2 atom stereocenters. The fourth-order valence-electron chi connectivity index (χ4n) is 2.76. The molecule has 2 N–H and O–H groups in total. The van der Waals surface area contributed by atoms with Crippen LogP contribution in [-0.4, -0.2) is 39.2 Å². The summed E-state index contributed by atoms with van der Waals surface area (Å²) in [6.07, 6.45) is 9.13. The molecule has 6 heteroatoms. The van der Waals surface area contributed by atoms with E-state index in [0.717, 1.165) is 17.6 Å². The van der Waals surface area contributed by atoms with Crippen LogP contribution in [0.3, 0.4) is 0 Å². The van der Waals surface area contributed by atoms with Crippen LogP contribution in [0.1, 0.15) is 45.4 Å². The second-order valence-corrected chi connectivity index (χ2v) is 6.22. The molecule has 1 unspecified atom stereocenters. The maximum Gasteiger partial charge on any atom is 0.245 e. The van der Waals surface area contributed by atoms with E-state index in [-0.39, 0.29) is 6.61 Å². The minimum Gasteiger partial charge on any atom is -0.473 e. The number of ether oxygens (including phenoxy) is 1. The first-order chi connectivity index (χ1) is 9.75. The highest BCUT2D eigenvalue weighted by molar-refractivity contribution is 6.99. The maximum atomic E-state index is 9.92. The van der Waals surface area contributed by atoms with Gasteiger partial charge in [-0.1, -0.05) is 25.7 Å². The average Bonchev–Trinajstić information content (AvgIpc) is 2.83. The Balaban J connectivity index is 1.62. The molecule has 1 aliphatic carbocycles. The first-order valence-corrected chi connectivity index (χ1v) is 8.30. The highest BCUT2D eigenvalue weighted by Gasteiger charge is 2.19. The molecule has 0 aliphatic heterocycles. The molecule has 0 aromatic carbocycles. The van der Waals surface area contributed by atoms with Crippen LogP contribution < -0.4 is 10.1 Å². The zero-order valence-electron chi connectivity index (χ0n) is 12.1. The number of aromatic nitrogens is 2. The lowest BCUT2D eigenvalue weighted by molar-refractivity contribution is 0.0991. The number of nitrogens with zero attached hydrogens (tertiary/aromatic N) is 2. The topological polar surface area (TPSA) is 67.3 Å². The van der Waals surface area contributed by atoms with Crippen LogP contribution in [0.4, 0.5) is 0 Å². The molecule has 1 fully saturated rings. The van der Waals surface area contributed by atoms with Crippen molar-refractivity contribution >= 4 is 11.7 Å². The molecule has 1 aromatic heterocycles. The van der Waals surface area contributed by atoms with Crippen LogP contribution >= 0.6 is 11.7 Å². The van der Waals surface area contributed by atoms with E-state index in [1.807, 2.05) is 0 Å². The molecule has 0 amide bonds. The average molecular weight is 299 g/mol. The van der Waals surface area contributed by atoms with Gasteiger partial charge in [0.05, 0.1) is 11.7 Å². The van der Waals surface area contributed by atoms with Crippen molar-refractivity contribution in [2.45, 2.75) is 57.6 Å². The highest BCUT2D eigenvalue weighted by atomic mass is 32.1.